The smallest absolute Gasteiger partial charge is 0.0633 e. The summed E-state index contributed by atoms with van der Waals surface area (Å²) >= 11 is 2.08. The first-order valence-electron chi connectivity index (χ1n) is 3.66. The summed E-state index contributed by atoms with van der Waals surface area (Å²) in [5.41, 5.74) is 0. The molecule has 0 aromatic rings. The maximum absolute atomic E-state index is 5.40. The number of rotatable bonds is 0. The van der Waals surface area contributed by atoms with Gasteiger partial charge in [-0.1, -0.05) is 0 Å². The minimum absolute atomic E-state index is 0.653. The first-order chi connectivity index (χ1) is 4.47. The Morgan fingerprint density at radius 2 is 2.11 bits per heavy atom. The van der Waals surface area contributed by atoms with E-state index in [0.29, 0.717) is 6.10 Å². The van der Waals surface area contributed by atoms with Crippen molar-refractivity contribution < 1.29 is 4.74 Å². The van der Waals surface area contributed by atoms with E-state index in [2.05, 4.69) is 11.8 Å². The van der Waals surface area contributed by atoms with Crippen LogP contribution in [0.1, 0.15) is 12.8 Å². The van der Waals surface area contributed by atoms with Crippen LogP contribution in [0.2, 0.25) is 0 Å². The molecule has 0 bridgehead atoms. The third-order valence-corrected chi connectivity index (χ3v) is 3.28. The van der Waals surface area contributed by atoms with Crippen LogP contribution in [-0.2, 0) is 4.74 Å². The van der Waals surface area contributed by atoms with E-state index in [0.717, 1.165) is 12.5 Å². The lowest BCUT2D eigenvalue weighted by Gasteiger charge is -2.35. The lowest BCUT2D eigenvalue weighted by Crippen LogP contribution is -2.39. The molecule has 2 heterocycles. The van der Waals surface area contributed by atoms with Crippen LogP contribution in [0.3, 0.4) is 0 Å². The molecule has 0 aromatic heterocycles. The zero-order chi connectivity index (χ0) is 6.10. The second-order valence-corrected chi connectivity index (χ2v) is 4.05. The van der Waals surface area contributed by atoms with Crippen molar-refractivity contribution in [3.63, 3.8) is 0 Å². The summed E-state index contributed by atoms with van der Waals surface area (Å²) in [7, 11) is 0. The summed E-state index contributed by atoms with van der Waals surface area (Å²) < 4.78 is 5.40. The molecule has 0 amide bonds. The zero-order valence-corrected chi connectivity index (χ0v) is 6.32. The molecule has 0 spiro atoms. The summed E-state index contributed by atoms with van der Waals surface area (Å²) in [6.07, 6.45) is 3.35. The van der Waals surface area contributed by atoms with Gasteiger partial charge in [-0.15, -0.1) is 0 Å². The molecule has 2 heteroatoms. The fourth-order valence-electron chi connectivity index (χ4n) is 1.49. The van der Waals surface area contributed by atoms with Crippen molar-refractivity contribution in [3.8, 4) is 0 Å². The predicted octanol–water partition coefficient (Wildman–Crippen LogP) is 1.53. The molecular formula is C7H12OS. The summed E-state index contributed by atoms with van der Waals surface area (Å²) in [6, 6.07) is 0. The van der Waals surface area contributed by atoms with Crippen LogP contribution < -0.4 is 0 Å². The highest BCUT2D eigenvalue weighted by Crippen LogP contribution is 2.31. The van der Waals surface area contributed by atoms with Gasteiger partial charge in [0.15, 0.2) is 0 Å². The molecule has 2 rings (SSSR count). The van der Waals surface area contributed by atoms with E-state index < -0.39 is 0 Å². The minimum Gasteiger partial charge on any atom is -0.377 e. The average Bonchev–Trinajstić information content (AvgIpc) is 1.94. The Labute approximate surface area is 60.2 Å². The molecule has 0 aliphatic carbocycles. The minimum atomic E-state index is 0.653. The van der Waals surface area contributed by atoms with Crippen molar-refractivity contribution in [1.29, 1.82) is 0 Å². The van der Waals surface area contributed by atoms with Gasteiger partial charge in [0, 0.05) is 5.92 Å². The van der Waals surface area contributed by atoms with Gasteiger partial charge in [-0.05, 0) is 24.3 Å². The molecule has 2 unspecified atom stereocenters. The van der Waals surface area contributed by atoms with Crippen LogP contribution in [0.15, 0.2) is 0 Å². The quantitative estimate of drug-likeness (QED) is 0.510. The van der Waals surface area contributed by atoms with Crippen molar-refractivity contribution in [2.75, 3.05) is 18.1 Å². The molecule has 2 aliphatic rings. The number of hydrogen-bond acceptors (Lipinski definition) is 2. The second kappa shape index (κ2) is 2.51. The molecule has 1 nitrogen and oxygen atoms in total. The van der Waals surface area contributed by atoms with Crippen molar-refractivity contribution in [2.45, 2.75) is 18.9 Å². The van der Waals surface area contributed by atoms with Crippen LogP contribution >= 0.6 is 11.8 Å². The highest BCUT2D eigenvalue weighted by molar-refractivity contribution is 7.99. The Morgan fingerprint density at radius 3 is 2.89 bits per heavy atom. The predicted molar refractivity (Wildman–Crippen MR) is 39.8 cm³/mol. The van der Waals surface area contributed by atoms with Gasteiger partial charge in [0.1, 0.15) is 0 Å². The van der Waals surface area contributed by atoms with Gasteiger partial charge in [0.2, 0.25) is 0 Å². The van der Waals surface area contributed by atoms with Gasteiger partial charge in [-0.2, -0.15) is 11.8 Å². The highest BCUT2D eigenvalue weighted by atomic mass is 32.2. The first-order valence-corrected chi connectivity index (χ1v) is 4.81. The van der Waals surface area contributed by atoms with Crippen molar-refractivity contribution in [3.05, 3.63) is 0 Å². The van der Waals surface area contributed by atoms with Gasteiger partial charge < -0.3 is 4.74 Å². The Kier molecular flexibility index (Phi) is 1.68. The SMILES string of the molecule is C1CC2COC2CCS1. The summed E-state index contributed by atoms with van der Waals surface area (Å²) in [4.78, 5) is 0. The molecule has 0 aromatic carbocycles. The Hall–Kier alpha value is 0.310. The fourth-order valence-corrected chi connectivity index (χ4v) is 2.57. The van der Waals surface area contributed by atoms with E-state index in [-0.39, 0.29) is 0 Å². The standard InChI is InChI=1S/C7H12OS/c1-3-9-4-2-7-6(1)5-8-7/h6-7H,1-5H2. The van der Waals surface area contributed by atoms with E-state index in [4.69, 9.17) is 4.74 Å². The third-order valence-electron chi connectivity index (χ3n) is 2.23. The van der Waals surface area contributed by atoms with Gasteiger partial charge in [-0.25, -0.2) is 0 Å². The average molecular weight is 144 g/mol. The fraction of sp³-hybridized carbons (Fsp3) is 1.00. The van der Waals surface area contributed by atoms with Crippen molar-refractivity contribution >= 4 is 11.8 Å². The number of ether oxygens (including phenoxy) is 1. The first kappa shape index (κ1) is 6.05. The lowest BCUT2D eigenvalue weighted by molar-refractivity contribution is -0.114. The normalized spacial score (nSPS) is 42.7. The maximum atomic E-state index is 5.40. The van der Waals surface area contributed by atoms with Gasteiger partial charge >= 0.3 is 0 Å². The lowest BCUT2D eigenvalue weighted by atomic mass is 9.93. The van der Waals surface area contributed by atoms with E-state index in [1.165, 1.54) is 24.3 Å². The van der Waals surface area contributed by atoms with Crippen LogP contribution in [0.4, 0.5) is 0 Å². The maximum Gasteiger partial charge on any atom is 0.0633 e. The largest absolute Gasteiger partial charge is 0.377 e. The molecule has 2 saturated heterocycles. The van der Waals surface area contributed by atoms with E-state index in [9.17, 15) is 0 Å². The Balaban J connectivity index is 1.90. The number of fused-ring (bicyclic) bond motifs is 1. The molecular weight excluding hydrogens is 132 g/mol. The van der Waals surface area contributed by atoms with Gasteiger partial charge in [0.25, 0.3) is 0 Å². The molecule has 2 fully saturated rings. The van der Waals surface area contributed by atoms with E-state index >= 15 is 0 Å². The van der Waals surface area contributed by atoms with Crippen LogP contribution in [0.5, 0.6) is 0 Å². The highest BCUT2D eigenvalue weighted by Gasteiger charge is 2.32. The molecule has 0 saturated carbocycles. The monoisotopic (exact) mass is 144 g/mol. The Bertz CT molecular complexity index is 93.1. The second-order valence-electron chi connectivity index (χ2n) is 2.82. The summed E-state index contributed by atoms with van der Waals surface area (Å²) in [6.45, 7) is 1.05. The number of hydrogen-bond donors (Lipinski definition) is 0. The van der Waals surface area contributed by atoms with Crippen LogP contribution in [-0.4, -0.2) is 24.2 Å². The molecule has 52 valence electrons. The van der Waals surface area contributed by atoms with Crippen LogP contribution in [0, 0.1) is 5.92 Å². The molecule has 0 N–H and O–H groups in total. The third kappa shape index (κ3) is 1.10. The summed E-state index contributed by atoms with van der Waals surface area (Å²) in [5, 5.41) is 0. The zero-order valence-electron chi connectivity index (χ0n) is 5.51. The number of thioether (sulfide) groups is 1. The topological polar surface area (TPSA) is 9.23 Å². The molecule has 0 radical (unpaired) electrons. The van der Waals surface area contributed by atoms with Crippen LogP contribution in [0.25, 0.3) is 0 Å². The molecule has 2 aliphatic heterocycles. The van der Waals surface area contributed by atoms with Gasteiger partial charge in [-0.3, -0.25) is 0 Å². The van der Waals surface area contributed by atoms with E-state index in [1.807, 2.05) is 0 Å². The van der Waals surface area contributed by atoms with Gasteiger partial charge in [0.05, 0.1) is 12.7 Å². The molecule has 9 heavy (non-hydrogen) atoms. The summed E-state index contributed by atoms with van der Waals surface area (Å²) in [5.74, 6) is 3.62. The van der Waals surface area contributed by atoms with Crippen molar-refractivity contribution in [1.82, 2.24) is 0 Å². The van der Waals surface area contributed by atoms with Crippen molar-refractivity contribution in [2.24, 2.45) is 5.92 Å². The van der Waals surface area contributed by atoms with E-state index in [1.54, 1.807) is 0 Å². The molecule has 2 atom stereocenters. The Morgan fingerprint density at radius 1 is 1.22 bits per heavy atom.